The Labute approximate surface area is 335 Å². The summed E-state index contributed by atoms with van der Waals surface area (Å²) in [6, 6.07) is 24.0. The topological polar surface area (TPSA) is 150 Å². The molecule has 6 heterocycles. The molecule has 15 nitrogen and oxygen atoms in total. The molecule has 4 aromatic heterocycles. The third-order valence-electron chi connectivity index (χ3n) is 9.77. The third-order valence-corrected chi connectivity index (χ3v) is 10.8. The Hall–Kier alpha value is -5.94. The van der Waals surface area contributed by atoms with E-state index in [9.17, 15) is 14.7 Å². The van der Waals surface area contributed by atoms with E-state index in [1.54, 1.807) is 27.6 Å². The van der Waals surface area contributed by atoms with E-state index in [1.807, 2.05) is 88.5 Å². The summed E-state index contributed by atoms with van der Waals surface area (Å²) in [5, 5.41) is 20.1. The van der Waals surface area contributed by atoms with Crippen molar-refractivity contribution in [3.8, 4) is 17.2 Å². The number of rotatable bonds is 6. The Kier molecular flexibility index (Phi) is 9.12. The molecule has 56 heavy (non-hydrogen) atoms. The highest BCUT2D eigenvalue weighted by atomic mass is 79.9. The second kappa shape index (κ2) is 14.3. The minimum atomic E-state index is -0.293. The molecule has 17 heteroatoms. The van der Waals surface area contributed by atoms with Gasteiger partial charge in [-0.3, -0.25) is 9.59 Å². The van der Waals surface area contributed by atoms with Gasteiger partial charge in [0.1, 0.15) is 5.75 Å². The molecule has 0 spiro atoms. The molecule has 0 bridgehead atoms. The number of fused-ring (bicyclic) bond motifs is 7. The van der Waals surface area contributed by atoms with Gasteiger partial charge in [-0.2, -0.15) is 9.97 Å². The fourth-order valence-corrected chi connectivity index (χ4v) is 7.83. The quantitative estimate of drug-likeness (QED) is 0.216. The number of phenolic OH excluding ortho intramolecular Hbond substituents is 1. The van der Waals surface area contributed by atoms with Crippen molar-refractivity contribution in [3.63, 3.8) is 0 Å². The van der Waals surface area contributed by atoms with Gasteiger partial charge in [0.15, 0.2) is 11.5 Å². The molecule has 1 N–H and O–H groups in total. The van der Waals surface area contributed by atoms with E-state index in [0.717, 1.165) is 74.5 Å². The zero-order valence-corrected chi connectivity index (χ0v) is 33.4. The summed E-state index contributed by atoms with van der Waals surface area (Å²) in [6.07, 6.45) is 2.27. The number of anilines is 2. The maximum atomic E-state index is 12.8. The average Bonchev–Trinajstić information content (AvgIpc) is 4.00. The number of hydrogen-bond acceptors (Lipinski definition) is 11. The van der Waals surface area contributed by atoms with Gasteiger partial charge in [-0.25, -0.2) is 18.2 Å². The first-order valence-corrected chi connectivity index (χ1v) is 19.5. The van der Waals surface area contributed by atoms with Crippen LogP contribution < -0.4 is 30.4 Å². The van der Waals surface area contributed by atoms with Crippen LogP contribution in [0.1, 0.15) is 24.0 Å². The van der Waals surface area contributed by atoms with Crippen LogP contribution >= 0.6 is 31.9 Å². The first-order valence-electron chi connectivity index (χ1n) is 17.9. The minimum absolute atomic E-state index is 0.207. The Morgan fingerprint density at radius 1 is 0.696 bits per heavy atom. The Balaban J connectivity index is 0.000000148. The van der Waals surface area contributed by atoms with Gasteiger partial charge in [-0.1, -0.05) is 50.1 Å². The molecule has 0 radical (unpaired) electrons. The standard InChI is InChI=1S/C21H18BrN5O3.C18H16BrN5O2/c22-14-4-5-16-15(10-14)19(28)23-20-26(24-21(27(16)20)25-7-1-2-8-25)11-13-3-6-17-18(9-13)30-12-29-17;1-22(2)18-21-23(10-11-3-6-13(25)7-4-11)17-20-16(26)14-9-12(19)5-8-15(14)24(17)18/h3-6,9-10H,1-2,7-8,11-12H2;3-9,25H,10H2,1-2H3. The molecule has 0 amide bonds. The smallest absolute Gasteiger partial charge is 0.282 e. The van der Waals surface area contributed by atoms with Crippen molar-refractivity contribution in [2.45, 2.75) is 25.9 Å². The van der Waals surface area contributed by atoms with E-state index in [2.05, 4.69) is 51.8 Å². The molecule has 1 saturated heterocycles. The maximum absolute atomic E-state index is 12.8. The molecule has 284 valence electrons. The molecule has 8 aromatic rings. The normalized spacial score (nSPS) is 13.6. The van der Waals surface area contributed by atoms with Crippen molar-refractivity contribution in [2.75, 3.05) is 43.8 Å². The summed E-state index contributed by atoms with van der Waals surface area (Å²) < 4.78 is 20.0. The highest BCUT2D eigenvalue weighted by Gasteiger charge is 2.24. The highest BCUT2D eigenvalue weighted by molar-refractivity contribution is 9.10. The molecule has 0 atom stereocenters. The predicted octanol–water partition coefficient (Wildman–Crippen LogP) is 5.81. The molecular weight excluding hydrogens is 848 g/mol. The van der Waals surface area contributed by atoms with Crippen LogP contribution in [0.5, 0.6) is 17.2 Å². The summed E-state index contributed by atoms with van der Waals surface area (Å²) >= 11 is 6.87. The number of phenols is 1. The number of nitrogens with zero attached hydrogens (tertiary/aromatic N) is 10. The first-order chi connectivity index (χ1) is 27.1. The lowest BCUT2D eigenvalue weighted by Gasteiger charge is -2.15. The zero-order valence-electron chi connectivity index (χ0n) is 30.3. The summed E-state index contributed by atoms with van der Waals surface area (Å²) in [7, 11) is 3.80. The van der Waals surface area contributed by atoms with E-state index in [0.29, 0.717) is 41.4 Å². The van der Waals surface area contributed by atoms with E-state index >= 15 is 0 Å². The number of hydrogen-bond donors (Lipinski definition) is 1. The van der Waals surface area contributed by atoms with Gasteiger partial charge in [0.2, 0.25) is 30.2 Å². The van der Waals surface area contributed by atoms with Crippen molar-refractivity contribution in [3.05, 3.63) is 120 Å². The average molecular weight is 883 g/mol. The van der Waals surface area contributed by atoms with E-state index in [-0.39, 0.29) is 23.7 Å². The SMILES string of the molecule is CN(C)c1nn(Cc2ccc(O)cc2)c2nc(=O)c3cc(Br)ccc3n12.O=c1nc2n(Cc3ccc4c(c3)OCO4)nc(N3CCCC3)n2c2ccc(Br)cc12. The summed E-state index contributed by atoms with van der Waals surface area (Å²) in [6.45, 7) is 3.04. The summed E-state index contributed by atoms with van der Waals surface area (Å²) in [4.78, 5) is 38.2. The van der Waals surface area contributed by atoms with Crippen LogP contribution in [-0.2, 0) is 13.1 Å². The molecule has 4 aromatic carbocycles. The maximum Gasteiger partial charge on any atom is 0.282 e. The predicted molar refractivity (Wildman–Crippen MR) is 220 cm³/mol. The van der Waals surface area contributed by atoms with Crippen molar-refractivity contribution in [1.82, 2.24) is 38.3 Å². The van der Waals surface area contributed by atoms with Gasteiger partial charge in [-0.15, -0.1) is 10.2 Å². The van der Waals surface area contributed by atoms with Crippen molar-refractivity contribution in [1.29, 1.82) is 0 Å². The third kappa shape index (κ3) is 6.49. The van der Waals surface area contributed by atoms with Crippen LogP contribution in [0.2, 0.25) is 0 Å². The number of ether oxygens (including phenoxy) is 2. The van der Waals surface area contributed by atoms with E-state index < -0.39 is 0 Å². The van der Waals surface area contributed by atoms with Crippen LogP contribution in [0.4, 0.5) is 11.9 Å². The van der Waals surface area contributed by atoms with Gasteiger partial charge in [0.25, 0.3) is 11.1 Å². The number of halogens is 2. The zero-order chi connectivity index (χ0) is 38.7. The lowest BCUT2D eigenvalue weighted by atomic mass is 10.2. The lowest BCUT2D eigenvalue weighted by Crippen LogP contribution is -2.21. The van der Waals surface area contributed by atoms with Crippen LogP contribution in [0.15, 0.2) is 97.4 Å². The molecule has 0 saturated carbocycles. The van der Waals surface area contributed by atoms with Gasteiger partial charge in [0, 0.05) is 36.1 Å². The fraction of sp³-hybridized carbons (Fsp3) is 0.231. The molecule has 1 fully saturated rings. The minimum Gasteiger partial charge on any atom is -0.508 e. The molecule has 2 aliphatic rings. The second-order valence-corrected chi connectivity index (χ2v) is 15.6. The monoisotopic (exact) mass is 880 g/mol. The number of aromatic hydroxyl groups is 1. The highest BCUT2D eigenvalue weighted by Crippen LogP contribution is 2.33. The van der Waals surface area contributed by atoms with Crippen LogP contribution in [0.25, 0.3) is 33.4 Å². The summed E-state index contributed by atoms with van der Waals surface area (Å²) in [5.74, 6) is 4.19. The Morgan fingerprint density at radius 3 is 1.93 bits per heavy atom. The number of benzene rings is 4. The Bertz CT molecular complexity index is 2930. The molecule has 0 unspecified atom stereocenters. The van der Waals surface area contributed by atoms with Gasteiger partial charge in [-0.05, 0) is 84.6 Å². The summed E-state index contributed by atoms with van der Waals surface area (Å²) in [5.41, 5.74) is 2.96. The van der Waals surface area contributed by atoms with Crippen LogP contribution in [-0.4, -0.2) is 77.4 Å². The van der Waals surface area contributed by atoms with Gasteiger partial charge >= 0.3 is 0 Å². The second-order valence-electron chi connectivity index (χ2n) is 13.8. The van der Waals surface area contributed by atoms with E-state index in [4.69, 9.17) is 14.6 Å². The van der Waals surface area contributed by atoms with E-state index in [1.165, 1.54) is 0 Å². The largest absolute Gasteiger partial charge is 0.508 e. The fourth-order valence-electron chi connectivity index (χ4n) is 7.11. The van der Waals surface area contributed by atoms with Crippen molar-refractivity contribution >= 4 is 77.1 Å². The van der Waals surface area contributed by atoms with Crippen LogP contribution in [0, 0.1) is 0 Å². The molecule has 0 aliphatic carbocycles. The van der Waals surface area contributed by atoms with Crippen LogP contribution in [0.3, 0.4) is 0 Å². The van der Waals surface area contributed by atoms with Crippen molar-refractivity contribution < 1.29 is 14.6 Å². The van der Waals surface area contributed by atoms with Gasteiger partial charge < -0.3 is 24.4 Å². The lowest BCUT2D eigenvalue weighted by molar-refractivity contribution is 0.174. The van der Waals surface area contributed by atoms with Crippen molar-refractivity contribution in [2.24, 2.45) is 0 Å². The first kappa shape index (κ1) is 35.7. The number of aromatic nitrogens is 8. The molecule has 10 rings (SSSR count). The molecular formula is C39H34Br2N10O5. The Morgan fingerprint density at radius 2 is 1.27 bits per heavy atom. The van der Waals surface area contributed by atoms with Gasteiger partial charge in [0.05, 0.1) is 34.9 Å². The molecule has 2 aliphatic heterocycles.